The van der Waals surface area contributed by atoms with Crippen molar-refractivity contribution in [1.29, 1.82) is 0 Å². The molecule has 2 aliphatic rings. The maximum absolute atomic E-state index is 12.9. The molecule has 25 heavy (non-hydrogen) atoms. The third-order valence-electron chi connectivity index (χ3n) is 4.99. The fraction of sp³-hybridized carbons (Fsp3) is 0.350. The summed E-state index contributed by atoms with van der Waals surface area (Å²) in [7, 11) is 0. The molecule has 0 unspecified atom stereocenters. The van der Waals surface area contributed by atoms with Gasteiger partial charge in [-0.3, -0.25) is 0 Å². The van der Waals surface area contributed by atoms with Gasteiger partial charge in [-0.25, -0.2) is 4.79 Å². The maximum Gasteiger partial charge on any atom is 0.322 e. The number of urea groups is 1. The van der Waals surface area contributed by atoms with Gasteiger partial charge in [0.15, 0.2) is 5.75 Å². The van der Waals surface area contributed by atoms with Gasteiger partial charge in [0.05, 0.1) is 5.69 Å². The van der Waals surface area contributed by atoms with Crippen LogP contribution in [0.5, 0.6) is 11.5 Å². The summed E-state index contributed by atoms with van der Waals surface area (Å²) in [5.41, 5.74) is 0.702. The molecule has 5 heteroatoms. The van der Waals surface area contributed by atoms with E-state index in [2.05, 4.69) is 10.6 Å². The van der Waals surface area contributed by atoms with Crippen LogP contribution in [0, 0.1) is 0 Å². The first-order valence-corrected chi connectivity index (χ1v) is 8.93. The topological polar surface area (TPSA) is 53.6 Å². The fourth-order valence-corrected chi connectivity index (χ4v) is 3.77. The van der Waals surface area contributed by atoms with Crippen LogP contribution < -0.4 is 15.4 Å². The Morgan fingerprint density at radius 2 is 1.76 bits per heavy atom. The van der Waals surface area contributed by atoms with Crippen molar-refractivity contribution in [2.75, 3.05) is 18.4 Å². The van der Waals surface area contributed by atoms with Gasteiger partial charge in [-0.2, -0.15) is 0 Å². The first-order valence-electron chi connectivity index (χ1n) is 8.93. The number of amides is 2. The molecule has 0 spiro atoms. The number of fused-ring (bicyclic) bond motifs is 2. The predicted molar refractivity (Wildman–Crippen MR) is 98.1 cm³/mol. The molecular weight excluding hydrogens is 314 g/mol. The van der Waals surface area contributed by atoms with Crippen molar-refractivity contribution in [1.82, 2.24) is 10.2 Å². The molecule has 4 rings (SSSR count). The molecule has 2 N–H and O–H groups in total. The minimum absolute atomic E-state index is 0.0275. The van der Waals surface area contributed by atoms with Gasteiger partial charge in [0.1, 0.15) is 5.75 Å². The number of carbonyl (C=O) groups is 1. The average Bonchev–Trinajstić information content (AvgIpc) is 2.90. The number of ether oxygens (including phenoxy) is 1. The van der Waals surface area contributed by atoms with Gasteiger partial charge in [0.2, 0.25) is 0 Å². The Balaban J connectivity index is 1.52. The summed E-state index contributed by atoms with van der Waals surface area (Å²) in [5, 5.41) is 6.49. The smallest absolute Gasteiger partial charge is 0.322 e. The van der Waals surface area contributed by atoms with E-state index in [1.807, 2.05) is 59.5 Å². The number of rotatable bonds is 3. The van der Waals surface area contributed by atoms with Crippen LogP contribution in [0.4, 0.5) is 10.5 Å². The number of anilines is 1. The molecule has 2 saturated heterocycles. The van der Waals surface area contributed by atoms with Crippen LogP contribution in [0.25, 0.3) is 0 Å². The second kappa shape index (κ2) is 7.15. The average molecular weight is 337 g/mol. The molecule has 0 saturated carbocycles. The van der Waals surface area contributed by atoms with E-state index >= 15 is 0 Å². The van der Waals surface area contributed by atoms with Crippen molar-refractivity contribution in [3.05, 3.63) is 54.6 Å². The molecule has 5 nitrogen and oxygen atoms in total. The molecule has 2 fully saturated rings. The zero-order valence-corrected chi connectivity index (χ0v) is 14.2. The van der Waals surface area contributed by atoms with E-state index in [9.17, 15) is 4.79 Å². The lowest BCUT2D eigenvalue weighted by molar-refractivity contribution is 0.190. The van der Waals surface area contributed by atoms with Crippen molar-refractivity contribution in [2.45, 2.75) is 31.3 Å². The van der Waals surface area contributed by atoms with Crippen molar-refractivity contribution >= 4 is 11.7 Å². The monoisotopic (exact) mass is 337 g/mol. The summed E-state index contributed by atoms with van der Waals surface area (Å²) < 4.78 is 5.95. The molecule has 2 bridgehead atoms. The SMILES string of the molecule is O=C(Nc1ccccc1Oc1ccccc1)N1[C@@H]2CCNC[C@H]1CC2. The molecule has 2 amide bonds. The number of carbonyl (C=O) groups excluding carboxylic acids is 1. The summed E-state index contributed by atoms with van der Waals surface area (Å²) in [6.45, 7) is 1.87. The number of benzene rings is 2. The Kier molecular flexibility index (Phi) is 4.57. The quantitative estimate of drug-likeness (QED) is 0.895. The fourth-order valence-electron chi connectivity index (χ4n) is 3.77. The van der Waals surface area contributed by atoms with Gasteiger partial charge in [0, 0.05) is 18.6 Å². The standard InChI is InChI=1S/C20H23N3O2/c24-20(23-15-10-11-16(23)14-21-13-12-15)22-18-8-4-5-9-19(18)25-17-6-2-1-3-7-17/h1-9,15-16,21H,10-14H2,(H,22,24)/t15-,16+/m0/s1. The van der Waals surface area contributed by atoms with E-state index in [0.29, 0.717) is 17.5 Å². The Bertz CT molecular complexity index is 721. The van der Waals surface area contributed by atoms with E-state index < -0.39 is 0 Å². The van der Waals surface area contributed by atoms with Crippen molar-refractivity contribution in [2.24, 2.45) is 0 Å². The summed E-state index contributed by atoms with van der Waals surface area (Å²) >= 11 is 0. The summed E-state index contributed by atoms with van der Waals surface area (Å²) in [6, 6.07) is 17.8. The van der Waals surface area contributed by atoms with Crippen molar-refractivity contribution in [3.8, 4) is 11.5 Å². The third kappa shape index (κ3) is 3.46. The second-order valence-electron chi connectivity index (χ2n) is 6.63. The van der Waals surface area contributed by atoms with E-state index in [-0.39, 0.29) is 12.1 Å². The lowest BCUT2D eigenvalue weighted by atomic mass is 10.1. The summed E-state index contributed by atoms with van der Waals surface area (Å²) in [5.74, 6) is 1.41. The number of nitrogens with one attached hydrogen (secondary N) is 2. The number of hydrogen-bond acceptors (Lipinski definition) is 3. The number of para-hydroxylation sites is 3. The van der Waals surface area contributed by atoms with Gasteiger partial charge in [0.25, 0.3) is 0 Å². The molecule has 2 heterocycles. The van der Waals surface area contributed by atoms with Crippen LogP contribution in [0.2, 0.25) is 0 Å². The highest BCUT2D eigenvalue weighted by Gasteiger charge is 2.38. The van der Waals surface area contributed by atoms with Crippen molar-refractivity contribution < 1.29 is 9.53 Å². The normalized spacial score (nSPS) is 22.3. The Labute approximate surface area is 148 Å². The summed E-state index contributed by atoms with van der Waals surface area (Å²) in [4.78, 5) is 14.9. The molecule has 2 aromatic rings. The highest BCUT2D eigenvalue weighted by molar-refractivity contribution is 5.91. The van der Waals surface area contributed by atoms with Gasteiger partial charge >= 0.3 is 6.03 Å². The number of nitrogens with zero attached hydrogens (tertiary/aromatic N) is 1. The van der Waals surface area contributed by atoms with Gasteiger partial charge in [-0.05, 0) is 50.1 Å². The van der Waals surface area contributed by atoms with E-state index in [1.54, 1.807) is 0 Å². The van der Waals surface area contributed by atoms with E-state index in [1.165, 1.54) is 0 Å². The predicted octanol–water partition coefficient (Wildman–Crippen LogP) is 3.84. The van der Waals surface area contributed by atoms with Crippen LogP contribution in [0.3, 0.4) is 0 Å². The second-order valence-corrected chi connectivity index (χ2v) is 6.63. The van der Waals surface area contributed by atoms with Crippen LogP contribution in [-0.2, 0) is 0 Å². The lowest BCUT2D eigenvalue weighted by Gasteiger charge is -2.28. The number of hydrogen-bond donors (Lipinski definition) is 2. The van der Waals surface area contributed by atoms with Crippen molar-refractivity contribution in [3.63, 3.8) is 0 Å². The molecule has 2 aliphatic heterocycles. The van der Waals surface area contributed by atoms with Gasteiger partial charge < -0.3 is 20.3 Å². The third-order valence-corrected chi connectivity index (χ3v) is 4.99. The highest BCUT2D eigenvalue weighted by atomic mass is 16.5. The molecule has 0 aliphatic carbocycles. The van der Waals surface area contributed by atoms with Crippen LogP contribution in [0.1, 0.15) is 19.3 Å². The van der Waals surface area contributed by atoms with Crippen LogP contribution in [0.15, 0.2) is 54.6 Å². The first-order chi connectivity index (χ1) is 12.3. The molecule has 2 aromatic carbocycles. The Hall–Kier alpha value is -2.53. The Morgan fingerprint density at radius 3 is 2.64 bits per heavy atom. The largest absolute Gasteiger partial charge is 0.455 e. The maximum atomic E-state index is 12.9. The van der Waals surface area contributed by atoms with Crippen LogP contribution in [-0.4, -0.2) is 36.1 Å². The highest BCUT2D eigenvalue weighted by Crippen LogP contribution is 2.32. The zero-order chi connectivity index (χ0) is 17.1. The lowest BCUT2D eigenvalue weighted by Crippen LogP contribution is -2.44. The zero-order valence-electron chi connectivity index (χ0n) is 14.2. The van der Waals surface area contributed by atoms with Crippen LogP contribution >= 0.6 is 0 Å². The summed E-state index contributed by atoms with van der Waals surface area (Å²) in [6.07, 6.45) is 3.20. The molecule has 0 radical (unpaired) electrons. The van der Waals surface area contributed by atoms with Gasteiger partial charge in [-0.1, -0.05) is 30.3 Å². The minimum atomic E-state index is -0.0275. The molecular formula is C20H23N3O2. The van der Waals surface area contributed by atoms with Gasteiger partial charge in [-0.15, -0.1) is 0 Å². The minimum Gasteiger partial charge on any atom is -0.455 e. The van der Waals surface area contributed by atoms with E-state index in [4.69, 9.17) is 4.74 Å². The Morgan fingerprint density at radius 1 is 1.00 bits per heavy atom. The first kappa shape index (κ1) is 16.0. The molecule has 130 valence electrons. The molecule has 0 aromatic heterocycles. The van der Waals surface area contributed by atoms with E-state index in [0.717, 1.165) is 38.1 Å². The molecule has 2 atom stereocenters.